The number of aryl methyl sites for hydroxylation is 1. The molecule has 1 N–H and O–H groups in total. The molecule has 132 valence electrons. The predicted molar refractivity (Wildman–Crippen MR) is 97.4 cm³/mol. The van der Waals surface area contributed by atoms with Crippen LogP contribution in [0.3, 0.4) is 0 Å². The number of rotatable bonds is 3. The van der Waals surface area contributed by atoms with Gasteiger partial charge in [-0.15, -0.1) is 0 Å². The van der Waals surface area contributed by atoms with Crippen LogP contribution in [0.5, 0.6) is 5.75 Å². The molecule has 0 heterocycles. The van der Waals surface area contributed by atoms with Gasteiger partial charge in [0.1, 0.15) is 5.75 Å². The van der Waals surface area contributed by atoms with Crippen molar-refractivity contribution in [1.82, 2.24) is 0 Å². The molecule has 0 amide bonds. The highest BCUT2D eigenvalue weighted by molar-refractivity contribution is 5.40. The van der Waals surface area contributed by atoms with Crippen molar-refractivity contribution < 1.29 is 9.84 Å². The molecule has 1 unspecified atom stereocenters. The normalized spacial score (nSPS) is 37.7. The molecule has 0 aromatic heterocycles. The van der Waals surface area contributed by atoms with Crippen molar-refractivity contribution >= 4 is 0 Å². The Labute approximate surface area is 146 Å². The van der Waals surface area contributed by atoms with E-state index in [1.807, 2.05) is 0 Å². The quantitative estimate of drug-likeness (QED) is 0.851. The molecule has 0 bridgehead atoms. The highest BCUT2D eigenvalue weighted by atomic mass is 16.5. The summed E-state index contributed by atoms with van der Waals surface area (Å²) >= 11 is 0. The van der Waals surface area contributed by atoms with E-state index in [9.17, 15) is 5.11 Å². The van der Waals surface area contributed by atoms with Crippen LogP contribution < -0.4 is 4.74 Å². The lowest BCUT2D eigenvalue weighted by Gasteiger charge is -2.50. The third-order valence-electron chi connectivity index (χ3n) is 7.23. The second-order valence-electron chi connectivity index (χ2n) is 9.12. The third kappa shape index (κ3) is 2.58. The summed E-state index contributed by atoms with van der Waals surface area (Å²) in [6, 6.07) is 6.82. The molecule has 2 nitrogen and oxygen atoms in total. The van der Waals surface area contributed by atoms with Crippen LogP contribution in [0.4, 0.5) is 0 Å². The average Bonchev–Trinajstić information content (AvgIpc) is 2.88. The van der Waals surface area contributed by atoms with E-state index in [0.717, 1.165) is 30.6 Å². The molecular formula is C22H32O2. The molecule has 1 aromatic carbocycles. The van der Waals surface area contributed by atoms with Crippen molar-refractivity contribution in [2.45, 2.75) is 71.3 Å². The van der Waals surface area contributed by atoms with E-state index in [1.165, 1.54) is 37.7 Å². The Kier molecular flexibility index (Phi) is 4.15. The van der Waals surface area contributed by atoms with Crippen molar-refractivity contribution in [2.75, 3.05) is 6.61 Å². The molecule has 2 saturated carbocycles. The van der Waals surface area contributed by atoms with Crippen LogP contribution in [0.2, 0.25) is 0 Å². The smallest absolute Gasteiger partial charge is 0.119 e. The van der Waals surface area contributed by atoms with Crippen molar-refractivity contribution in [1.29, 1.82) is 0 Å². The third-order valence-corrected chi connectivity index (χ3v) is 7.23. The highest BCUT2D eigenvalue weighted by Gasteiger charge is 2.54. The van der Waals surface area contributed by atoms with Gasteiger partial charge in [0, 0.05) is 0 Å². The summed E-state index contributed by atoms with van der Waals surface area (Å²) in [7, 11) is 0. The maximum absolute atomic E-state index is 10.5. The zero-order valence-corrected chi connectivity index (χ0v) is 15.4. The van der Waals surface area contributed by atoms with Crippen LogP contribution >= 0.6 is 0 Å². The fraction of sp³-hybridized carbons (Fsp3) is 0.727. The van der Waals surface area contributed by atoms with Gasteiger partial charge >= 0.3 is 0 Å². The summed E-state index contributed by atoms with van der Waals surface area (Å²) in [4.78, 5) is 0. The monoisotopic (exact) mass is 328 g/mol. The summed E-state index contributed by atoms with van der Waals surface area (Å²) in [6.45, 7) is 7.53. The summed E-state index contributed by atoms with van der Waals surface area (Å²) in [5.74, 6) is 3.80. The van der Waals surface area contributed by atoms with Crippen molar-refractivity contribution in [3.05, 3.63) is 29.3 Å². The van der Waals surface area contributed by atoms with Gasteiger partial charge in [-0.3, -0.25) is 0 Å². The molecule has 4 rings (SSSR count). The van der Waals surface area contributed by atoms with E-state index in [0.29, 0.717) is 11.8 Å². The van der Waals surface area contributed by atoms with E-state index in [2.05, 4.69) is 39.0 Å². The van der Waals surface area contributed by atoms with Crippen LogP contribution in [-0.4, -0.2) is 17.8 Å². The minimum absolute atomic E-state index is 0.0725. The lowest BCUT2D eigenvalue weighted by Crippen LogP contribution is -2.43. The standard InChI is InChI=1S/C22H32O2/c1-14(2)13-24-16-5-7-17-15(12-16)4-6-19-18(17)10-11-22(3)20(19)8-9-21(22)23/h5,7,12,14,18-21,23H,4,6,8-11,13H2,1-3H3/t18-,19-,20?,21+,22+/m1/s1. The molecule has 2 heteroatoms. The SMILES string of the molecule is CC(C)COc1ccc2c(c1)CC[C@H]1C3CC[C@H](O)[C@@]3(C)CC[C@H]21. The molecule has 0 saturated heterocycles. The average molecular weight is 328 g/mol. The Bertz CT molecular complexity index is 608. The number of hydrogen-bond acceptors (Lipinski definition) is 2. The molecule has 3 aliphatic carbocycles. The van der Waals surface area contributed by atoms with Gasteiger partial charge < -0.3 is 9.84 Å². The largest absolute Gasteiger partial charge is 0.493 e. The first-order valence-electron chi connectivity index (χ1n) is 9.92. The molecule has 2 fully saturated rings. The molecule has 0 radical (unpaired) electrons. The van der Waals surface area contributed by atoms with E-state index >= 15 is 0 Å². The molecule has 1 aromatic rings. The van der Waals surface area contributed by atoms with Gasteiger partial charge in [-0.1, -0.05) is 26.8 Å². The van der Waals surface area contributed by atoms with Crippen molar-refractivity contribution in [3.8, 4) is 5.75 Å². The Morgan fingerprint density at radius 2 is 2.04 bits per heavy atom. The summed E-state index contributed by atoms with van der Waals surface area (Å²) < 4.78 is 5.94. The highest BCUT2D eigenvalue weighted by Crippen LogP contribution is 2.60. The van der Waals surface area contributed by atoms with Crippen LogP contribution in [0.25, 0.3) is 0 Å². The molecule has 5 atom stereocenters. The number of benzene rings is 1. The Morgan fingerprint density at radius 3 is 2.83 bits per heavy atom. The maximum Gasteiger partial charge on any atom is 0.119 e. The first-order valence-corrected chi connectivity index (χ1v) is 9.92. The predicted octanol–water partition coefficient (Wildman–Crippen LogP) is 4.94. The summed E-state index contributed by atoms with van der Waals surface area (Å²) in [5.41, 5.74) is 3.27. The van der Waals surface area contributed by atoms with Gasteiger partial charge in [0.15, 0.2) is 0 Å². The van der Waals surface area contributed by atoms with E-state index in [-0.39, 0.29) is 11.5 Å². The molecule has 24 heavy (non-hydrogen) atoms. The minimum atomic E-state index is -0.0725. The topological polar surface area (TPSA) is 29.5 Å². The van der Waals surface area contributed by atoms with E-state index in [4.69, 9.17) is 4.74 Å². The van der Waals surface area contributed by atoms with Crippen LogP contribution in [0.1, 0.15) is 69.9 Å². The summed E-state index contributed by atoms with van der Waals surface area (Å²) in [5, 5.41) is 10.5. The van der Waals surface area contributed by atoms with Crippen LogP contribution in [0, 0.1) is 23.2 Å². The van der Waals surface area contributed by atoms with Gasteiger partial charge in [0.05, 0.1) is 12.7 Å². The lowest BCUT2D eigenvalue weighted by molar-refractivity contribution is -0.0226. The fourth-order valence-electron chi connectivity index (χ4n) is 5.88. The second-order valence-corrected chi connectivity index (χ2v) is 9.12. The lowest BCUT2D eigenvalue weighted by atomic mass is 9.55. The number of fused-ring (bicyclic) bond motifs is 5. The first kappa shape index (κ1) is 16.4. The Morgan fingerprint density at radius 1 is 1.21 bits per heavy atom. The van der Waals surface area contributed by atoms with E-state index in [1.54, 1.807) is 5.56 Å². The van der Waals surface area contributed by atoms with Gasteiger partial charge in [-0.2, -0.15) is 0 Å². The van der Waals surface area contributed by atoms with Crippen LogP contribution in [-0.2, 0) is 6.42 Å². The number of hydrogen-bond donors (Lipinski definition) is 1. The molecule has 0 spiro atoms. The summed E-state index contributed by atoms with van der Waals surface area (Å²) in [6.07, 6.45) is 7.06. The van der Waals surface area contributed by atoms with Crippen molar-refractivity contribution in [3.63, 3.8) is 0 Å². The van der Waals surface area contributed by atoms with Gasteiger partial charge in [-0.25, -0.2) is 0 Å². The maximum atomic E-state index is 10.5. The van der Waals surface area contributed by atoms with Crippen molar-refractivity contribution in [2.24, 2.45) is 23.2 Å². The van der Waals surface area contributed by atoms with Crippen LogP contribution in [0.15, 0.2) is 18.2 Å². The number of aliphatic hydroxyl groups is 1. The zero-order chi connectivity index (χ0) is 16.9. The molecular weight excluding hydrogens is 296 g/mol. The number of aliphatic hydroxyl groups excluding tert-OH is 1. The zero-order valence-electron chi connectivity index (χ0n) is 15.4. The second kappa shape index (κ2) is 6.05. The number of ether oxygens (including phenoxy) is 1. The Hall–Kier alpha value is -1.02. The molecule has 0 aliphatic heterocycles. The van der Waals surface area contributed by atoms with E-state index < -0.39 is 0 Å². The fourth-order valence-corrected chi connectivity index (χ4v) is 5.88. The van der Waals surface area contributed by atoms with Gasteiger partial charge in [0.25, 0.3) is 0 Å². The van der Waals surface area contributed by atoms with Gasteiger partial charge in [-0.05, 0) is 90.9 Å². The Balaban J connectivity index is 1.57. The van der Waals surface area contributed by atoms with Gasteiger partial charge in [0.2, 0.25) is 0 Å². The minimum Gasteiger partial charge on any atom is -0.493 e. The first-order chi connectivity index (χ1) is 11.5. The molecule has 3 aliphatic rings.